The van der Waals surface area contributed by atoms with Crippen molar-refractivity contribution >= 4 is 0 Å². The van der Waals surface area contributed by atoms with Crippen LogP contribution < -0.4 is 0 Å². The third-order valence-corrected chi connectivity index (χ3v) is 3.11. The number of rotatable bonds is 2. The van der Waals surface area contributed by atoms with E-state index in [1.165, 1.54) is 0 Å². The lowest BCUT2D eigenvalue weighted by atomic mass is 10.1. The van der Waals surface area contributed by atoms with E-state index in [0.717, 1.165) is 31.0 Å². The van der Waals surface area contributed by atoms with Crippen LogP contribution in [0.4, 0.5) is 0 Å². The lowest BCUT2D eigenvalue weighted by Gasteiger charge is -2.05. The molecular weight excluding hydrogens is 216 g/mol. The molecule has 1 aliphatic rings. The van der Waals surface area contributed by atoms with E-state index >= 15 is 0 Å². The lowest BCUT2D eigenvalue weighted by molar-refractivity contribution is 0.394. The van der Waals surface area contributed by atoms with Crippen molar-refractivity contribution in [2.45, 2.75) is 12.3 Å². The van der Waals surface area contributed by atoms with Gasteiger partial charge in [0.1, 0.15) is 0 Å². The van der Waals surface area contributed by atoms with Crippen LogP contribution in [0.25, 0.3) is 11.5 Å². The fourth-order valence-electron chi connectivity index (χ4n) is 2.15. The monoisotopic (exact) mass is 230 g/mol. The Morgan fingerprint density at radius 1 is 1.29 bits per heavy atom. The van der Waals surface area contributed by atoms with Crippen molar-refractivity contribution in [2.24, 2.45) is 0 Å². The van der Waals surface area contributed by atoms with Crippen molar-refractivity contribution in [3.63, 3.8) is 0 Å². The Labute approximate surface area is 99.5 Å². The molecule has 1 aliphatic heterocycles. The average molecular weight is 230 g/mol. The first-order valence-electron chi connectivity index (χ1n) is 5.75. The van der Waals surface area contributed by atoms with Crippen molar-refractivity contribution in [1.82, 2.24) is 20.1 Å². The fraction of sp³-hybridized carbons (Fsp3) is 0.417. The number of likely N-dealkylation sites (tertiary alicyclic amines) is 1. The second-order valence-electron chi connectivity index (χ2n) is 4.43. The molecule has 0 N–H and O–H groups in total. The minimum absolute atomic E-state index is 0.378. The number of hydrogen-bond acceptors (Lipinski definition) is 5. The summed E-state index contributed by atoms with van der Waals surface area (Å²) in [5, 5.41) is 8.24. The molecule has 0 radical (unpaired) electrons. The Bertz CT molecular complexity index is 496. The summed E-state index contributed by atoms with van der Waals surface area (Å²) in [6.45, 7) is 2.09. The van der Waals surface area contributed by atoms with Gasteiger partial charge in [-0.15, -0.1) is 10.2 Å². The molecule has 0 bridgehead atoms. The minimum Gasteiger partial charge on any atom is -0.420 e. The van der Waals surface area contributed by atoms with Crippen LogP contribution >= 0.6 is 0 Å². The minimum atomic E-state index is 0.378. The van der Waals surface area contributed by atoms with Crippen LogP contribution in [0.1, 0.15) is 18.2 Å². The highest BCUT2D eigenvalue weighted by Gasteiger charge is 2.26. The maximum Gasteiger partial charge on any atom is 0.247 e. The highest BCUT2D eigenvalue weighted by atomic mass is 16.4. The fourth-order valence-corrected chi connectivity index (χ4v) is 2.15. The Morgan fingerprint density at radius 3 is 2.82 bits per heavy atom. The normalized spacial score (nSPS) is 20.9. The van der Waals surface area contributed by atoms with E-state index in [-0.39, 0.29) is 0 Å². The first-order valence-corrected chi connectivity index (χ1v) is 5.75. The van der Waals surface area contributed by atoms with Gasteiger partial charge in [0.25, 0.3) is 0 Å². The van der Waals surface area contributed by atoms with Crippen molar-refractivity contribution < 1.29 is 4.42 Å². The van der Waals surface area contributed by atoms with E-state index in [1.807, 2.05) is 12.1 Å². The molecule has 3 rings (SSSR count). The predicted octanol–water partition coefficient (Wildman–Crippen LogP) is 1.55. The van der Waals surface area contributed by atoms with Gasteiger partial charge in [-0.1, -0.05) is 0 Å². The Balaban J connectivity index is 1.84. The Morgan fingerprint density at radius 2 is 2.12 bits per heavy atom. The molecule has 5 nitrogen and oxygen atoms in total. The smallest absolute Gasteiger partial charge is 0.247 e. The third kappa shape index (κ3) is 2.06. The van der Waals surface area contributed by atoms with E-state index < -0.39 is 0 Å². The molecule has 0 aliphatic carbocycles. The second kappa shape index (κ2) is 4.25. The Kier molecular flexibility index (Phi) is 2.60. The van der Waals surface area contributed by atoms with Crippen LogP contribution in [-0.2, 0) is 0 Å². The van der Waals surface area contributed by atoms with E-state index in [1.54, 1.807) is 12.4 Å². The lowest BCUT2D eigenvalue weighted by Crippen LogP contribution is -2.13. The molecule has 2 aromatic rings. The summed E-state index contributed by atoms with van der Waals surface area (Å²) in [5.74, 6) is 1.71. The molecule has 1 fully saturated rings. The number of hydrogen-bond donors (Lipinski definition) is 0. The summed E-state index contributed by atoms with van der Waals surface area (Å²) < 4.78 is 5.73. The van der Waals surface area contributed by atoms with Crippen LogP contribution in [0.3, 0.4) is 0 Å². The van der Waals surface area contributed by atoms with E-state index in [0.29, 0.717) is 11.8 Å². The summed E-state index contributed by atoms with van der Waals surface area (Å²) in [7, 11) is 2.11. The van der Waals surface area contributed by atoms with Gasteiger partial charge in [0, 0.05) is 24.5 Å². The van der Waals surface area contributed by atoms with Crippen LogP contribution in [-0.4, -0.2) is 40.2 Å². The number of aromatic nitrogens is 3. The van der Waals surface area contributed by atoms with Crippen LogP contribution in [0, 0.1) is 0 Å². The van der Waals surface area contributed by atoms with Gasteiger partial charge < -0.3 is 9.32 Å². The summed E-state index contributed by atoms with van der Waals surface area (Å²) in [6.07, 6.45) is 4.54. The molecule has 0 spiro atoms. The van der Waals surface area contributed by atoms with Crippen LogP contribution in [0.5, 0.6) is 0 Å². The molecule has 5 heteroatoms. The molecule has 2 aromatic heterocycles. The number of likely N-dealkylation sites (N-methyl/N-ethyl adjacent to an activating group) is 1. The van der Waals surface area contributed by atoms with Gasteiger partial charge >= 0.3 is 0 Å². The van der Waals surface area contributed by atoms with Crippen molar-refractivity contribution in [3.8, 4) is 11.5 Å². The first kappa shape index (κ1) is 10.4. The van der Waals surface area contributed by atoms with Crippen LogP contribution in [0.2, 0.25) is 0 Å². The second-order valence-corrected chi connectivity index (χ2v) is 4.43. The molecule has 1 unspecified atom stereocenters. The zero-order chi connectivity index (χ0) is 11.7. The van der Waals surface area contributed by atoms with E-state index in [4.69, 9.17) is 4.42 Å². The molecule has 3 heterocycles. The molecule has 0 amide bonds. The van der Waals surface area contributed by atoms with Gasteiger partial charge in [-0.2, -0.15) is 0 Å². The predicted molar refractivity (Wildman–Crippen MR) is 62.4 cm³/mol. The van der Waals surface area contributed by atoms with Crippen molar-refractivity contribution in [3.05, 3.63) is 30.4 Å². The maximum absolute atomic E-state index is 5.73. The summed E-state index contributed by atoms with van der Waals surface area (Å²) in [6, 6.07) is 3.75. The van der Waals surface area contributed by atoms with Gasteiger partial charge in [0.05, 0.1) is 5.92 Å². The molecular formula is C12H14N4O. The summed E-state index contributed by atoms with van der Waals surface area (Å²) in [4.78, 5) is 6.25. The molecule has 17 heavy (non-hydrogen) atoms. The zero-order valence-corrected chi connectivity index (χ0v) is 9.71. The van der Waals surface area contributed by atoms with Crippen molar-refractivity contribution in [1.29, 1.82) is 0 Å². The standard InChI is InChI=1S/C12H14N4O/c1-16-7-4-10(8-16)12-15-14-11(17-12)9-2-5-13-6-3-9/h2-3,5-6,10H,4,7-8H2,1H3. The largest absolute Gasteiger partial charge is 0.420 e. The number of nitrogens with zero attached hydrogens (tertiary/aromatic N) is 4. The van der Waals surface area contributed by atoms with Gasteiger partial charge in [0.2, 0.25) is 11.8 Å². The molecule has 1 atom stereocenters. The highest BCUT2D eigenvalue weighted by molar-refractivity contribution is 5.50. The van der Waals surface area contributed by atoms with Crippen LogP contribution in [0.15, 0.2) is 28.9 Å². The molecule has 0 aromatic carbocycles. The van der Waals surface area contributed by atoms with Crippen molar-refractivity contribution in [2.75, 3.05) is 20.1 Å². The highest BCUT2D eigenvalue weighted by Crippen LogP contribution is 2.27. The summed E-state index contributed by atoms with van der Waals surface area (Å²) >= 11 is 0. The van der Waals surface area contributed by atoms with Gasteiger partial charge in [-0.3, -0.25) is 4.98 Å². The average Bonchev–Trinajstić information content (AvgIpc) is 2.98. The van der Waals surface area contributed by atoms with Gasteiger partial charge in [0.15, 0.2) is 0 Å². The number of pyridine rings is 1. The van der Waals surface area contributed by atoms with E-state index in [9.17, 15) is 0 Å². The SMILES string of the molecule is CN1CCC(c2nnc(-c3ccncc3)o2)C1. The third-order valence-electron chi connectivity index (χ3n) is 3.11. The Hall–Kier alpha value is -1.75. The van der Waals surface area contributed by atoms with Gasteiger partial charge in [-0.25, -0.2) is 0 Å². The van der Waals surface area contributed by atoms with Gasteiger partial charge in [-0.05, 0) is 32.1 Å². The molecule has 88 valence electrons. The summed E-state index contributed by atoms with van der Waals surface area (Å²) in [5.41, 5.74) is 0.921. The topological polar surface area (TPSA) is 55.1 Å². The van der Waals surface area contributed by atoms with E-state index in [2.05, 4.69) is 27.1 Å². The molecule has 1 saturated heterocycles. The zero-order valence-electron chi connectivity index (χ0n) is 9.71. The quantitative estimate of drug-likeness (QED) is 0.783. The molecule has 0 saturated carbocycles. The maximum atomic E-state index is 5.73. The first-order chi connectivity index (χ1) is 8.33.